The normalized spacial score (nSPS) is 8.95. The Kier molecular flexibility index (Phi) is 9.20. The van der Waals surface area contributed by atoms with Gasteiger partial charge in [0.15, 0.2) is 0 Å². The topological polar surface area (TPSA) is 15.8 Å². The van der Waals surface area contributed by atoms with E-state index in [1.165, 1.54) is 32.9 Å². The summed E-state index contributed by atoms with van der Waals surface area (Å²) in [5.41, 5.74) is 5.07. The lowest BCUT2D eigenvalue weighted by molar-refractivity contribution is 1.48. The van der Waals surface area contributed by atoms with Gasteiger partial charge in [0.05, 0.1) is 0 Å². The van der Waals surface area contributed by atoms with Crippen LogP contribution in [0.25, 0.3) is 21.8 Å². The van der Waals surface area contributed by atoms with Crippen LogP contribution in [0.5, 0.6) is 0 Å². The summed E-state index contributed by atoms with van der Waals surface area (Å²) in [6, 6.07) is 13.1. The molecule has 116 valence electrons. The average molecular weight is 285 g/mol. The number of nitrogens with one attached hydrogen (secondary N) is 1. The first-order valence-corrected chi connectivity index (χ1v) is 8.23. The van der Waals surface area contributed by atoms with Gasteiger partial charge in [-0.2, -0.15) is 0 Å². The van der Waals surface area contributed by atoms with Crippen LogP contribution in [-0.2, 0) is 0 Å². The molecule has 1 aromatic heterocycles. The highest BCUT2D eigenvalue weighted by atomic mass is 14.7. The van der Waals surface area contributed by atoms with Gasteiger partial charge in [-0.05, 0) is 38.1 Å². The molecule has 0 aliphatic heterocycles. The molecule has 1 nitrogen and oxygen atoms in total. The summed E-state index contributed by atoms with van der Waals surface area (Å²) in [5, 5.41) is 2.66. The Labute approximate surface area is 130 Å². The third-order valence-corrected chi connectivity index (χ3v) is 2.91. The molecule has 0 amide bonds. The van der Waals surface area contributed by atoms with E-state index in [0.717, 1.165) is 0 Å². The maximum absolute atomic E-state index is 3.43. The highest BCUT2D eigenvalue weighted by molar-refractivity contribution is 6.07. The molecule has 0 bridgehead atoms. The third kappa shape index (κ3) is 4.63. The average Bonchev–Trinajstić information content (AvgIpc) is 2.90. The maximum atomic E-state index is 3.43. The van der Waals surface area contributed by atoms with Crippen molar-refractivity contribution < 1.29 is 0 Å². The Morgan fingerprint density at radius 3 is 1.24 bits per heavy atom. The van der Waals surface area contributed by atoms with Gasteiger partial charge in [0.2, 0.25) is 0 Å². The highest BCUT2D eigenvalue weighted by Crippen LogP contribution is 2.26. The van der Waals surface area contributed by atoms with Gasteiger partial charge in [-0.3, -0.25) is 0 Å². The molecule has 3 aromatic rings. The van der Waals surface area contributed by atoms with Crippen LogP contribution in [0, 0.1) is 13.8 Å². The molecule has 0 fully saturated rings. The highest BCUT2D eigenvalue weighted by Gasteiger charge is 2.03. The van der Waals surface area contributed by atoms with Crippen molar-refractivity contribution in [2.24, 2.45) is 0 Å². The van der Waals surface area contributed by atoms with Crippen LogP contribution in [0.15, 0.2) is 36.4 Å². The van der Waals surface area contributed by atoms with Crippen molar-refractivity contribution in [3.8, 4) is 0 Å². The standard InChI is InChI=1S/C14H13N.3C2H6/c1-9-3-5-13-11(7-9)12-8-10(2)4-6-14(12)15-13;3*1-2/h3-8,15H,1-2H3;3*1-2H3. The lowest BCUT2D eigenvalue weighted by Gasteiger charge is -1.94. The van der Waals surface area contributed by atoms with Crippen molar-refractivity contribution >= 4 is 21.8 Å². The SMILES string of the molecule is CC.CC.CC.Cc1ccc2[nH]c3ccc(C)cc3c2c1. The smallest absolute Gasteiger partial charge is 0.0465 e. The van der Waals surface area contributed by atoms with E-state index in [-0.39, 0.29) is 0 Å². The van der Waals surface area contributed by atoms with Gasteiger partial charge in [-0.25, -0.2) is 0 Å². The van der Waals surface area contributed by atoms with Gasteiger partial charge in [0, 0.05) is 21.8 Å². The third-order valence-electron chi connectivity index (χ3n) is 2.91. The predicted octanol–water partition coefficient (Wildman–Crippen LogP) is 7.02. The van der Waals surface area contributed by atoms with E-state index >= 15 is 0 Å². The van der Waals surface area contributed by atoms with Crippen molar-refractivity contribution in [2.75, 3.05) is 0 Å². The first-order chi connectivity index (χ1) is 10.2. The number of aromatic nitrogens is 1. The number of hydrogen-bond acceptors (Lipinski definition) is 0. The Hall–Kier alpha value is -1.76. The summed E-state index contributed by atoms with van der Waals surface area (Å²) >= 11 is 0. The summed E-state index contributed by atoms with van der Waals surface area (Å²) in [7, 11) is 0. The minimum absolute atomic E-state index is 1.22. The summed E-state index contributed by atoms with van der Waals surface area (Å²) in [6.45, 7) is 16.3. The second-order valence-electron chi connectivity index (χ2n) is 4.22. The van der Waals surface area contributed by atoms with Crippen molar-refractivity contribution in [3.05, 3.63) is 47.5 Å². The predicted molar refractivity (Wildman–Crippen MR) is 99.3 cm³/mol. The molecule has 1 heteroatoms. The number of hydrogen-bond donors (Lipinski definition) is 1. The van der Waals surface area contributed by atoms with Crippen LogP contribution in [-0.4, -0.2) is 4.98 Å². The zero-order chi connectivity index (χ0) is 16.4. The number of rotatable bonds is 0. The van der Waals surface area contributed by atoms with Crippen molar-refractivity contribution in [3.63, 3.8) is 0 Å². The Morgan fingerprint density at radius 1 is 0.571 bits per heavy atom. The number of benzene rings is 2. The molecule has 1 N–H and O–H groups in total. The molecule has 0 radical (unpaired) electrons. The summed E-state index contributed by atoms with van der Waals surface area (Å²) in [4.78, 5) is 3.43. The minimum atomic E-state index is 1.22. The Balaban J connectivity index is 0.000000598. The number of aromatic amines is 1. The van der Waals surface area contributed by atoms with E-state index in [2.05, 4.69) is 55.2 Å². The van der Waals surface area contributed by atoms with Gasteiger partial charge in [0.1, 0.15) is 0 Å². The maximum Gasteiger partial charge on any atom is 0.0465 e. The summed E-state index contributed by atoms with van der Waals surface area (Å²) < 4.78 is 0. The van der Waals surface area contributed by atoms with Gasteiger partial charge < -0.3 is 4.98 Å². The molecule has 0 spiro atoms. The molecule has 2 aromatic carbocycles. The van der Waals surface area contributed by atoms with Crippen LogP contribution >= 0.6 is 0 Å². The zero-order valence-corrected chi connectivity index (χ0v) is 15.0. The van der Waals surface area contributed by atoms with E-state index in [9.17, 15) is 0 Å². The van der Waals surface area contributed by atoms with Crippen LogP contribution in [0.4, 0.5) is 0 Å². The van der Waals surface area contributed by atoms with Crippen molar-refractivity contribution in [1.82, 2.24) is 4.98 Å². The molecular formula is C20H31N. The molecule has 0 unspecified atom stereocenters. The fraction of sp³-hybridized carbons (Fsp3) is 0.400. The van der Waals surface area contributed by atoms with Crippen LogP contribution in [0.2, 0.25) is 0 Å². The molecule has 1 heterocycles. The van der Waals surface area contributed by atoms with Gasteiger partial charge in [-0.15, -0.1) is 0 Å². The van der Waals surface area contributed by atoms with Gasteiger partial charge in [-0.1, -0.05) is 64.8 Å². The van der Waals surface area contributed by atoms with E-state index in [4.69, 9.17) is 0 Å². The minimum Gasteiger partial charge on any atom is -0.355 e. The quantitative estimate of drug-likeness (QED) is 0.457. The lowest BCUT2D eigenvalue weighted by Crippen LogP contribution is -1.72. The van der Waals surface area contributed by atoms with E-state index in [1.807, 2.05) is 41.5 Å². The van der Waals surface area contributed by atoms with Crippen molar-refractivity contribution in [1.29, 1.82) is 0 Å². The molecular weight excluding hydrogens is 254 g/mol. The zero-order valence-electron chi connectivity index (χ0n) is 15.0. The monoisotopic (exact) mass is 285 g/mol. The van der Waals surface area contributed by atoms with Crippen LogP contribution in [0.3, 0.4) is 0 Å². The Bertz CT molecular complexity index is 591. The lowest BCUT2D eigenvalue weighted by atomic mass is 10.1. The molecule has 3 rings (SSSR count). The van der Waals surface area contributed by atoms with E-state index < -0.39 is 0 Å². The van der Waals surface area contributed by atoms with Crippen LogP contribution in [0.1, 0.15) is 52.7 Å². The van der Waals surface area contributed by atoms with Gasteiger partial charge in [0.25, 0.3) is 0 Å². The molecule has 0 aliphatic carbocycles. The largest absolute Gasteiger partial charge is 0.355 e. The fourth-order valence-electron chi connectivity index (χ4n) is 2.12. The second-order valence-corrected chi connectivity index (χ2v) is 4.22. The van der Waals surface area contributed by atoms with Gasteiger partial charge >= 0.3 is 0 Å². The number of H-pyrrole nitrogens is 1. The summed E-state index contributed by atoms with van der Waals surface area (Å²) in [6.07, 6.45) is 0. The van der Waals surface area contributed by atoms with Crippen molar-refractivity contribution in [2.45, 2.75) is 55.4 Å². The number of aryl methyl sites for hydroxylation is 2. The van der Waals surface area contributed by atoms with E-state index in [1.54, 1.807) is 0 Å². The fourth-order valence-corrected chi connectivity index (χ4v) is 2.12. The molecule has 0 saturated heterocycles. The van der Waals surface area contributed by atoms with Crippen LogP contribution < -0.4 is 0 Å². The molecule has 0 aliphatic rings. The number of fused-ring (bicyclic) bond motifs is 3. The van der Waals surface area contributed by atoms with E-state index in [0.29, 0.717) is 0 Å². The molecule has 0 saturated carbocycles. The molecule has 21 heavy (non-hydrogen) atoms. The summed E-state index contributed by atoms with van der Waals surface area (Å²) in [5.74, 6) is 0. The second kappa shape index (κ2) is 10.0. The first kappa shape index (κ1) is 19.2. The Morgan fingerprint density at radius 2 is 0.905 bits per heavy atom. The first-order valence-electron chi connectivity index (χ1n) is 8.23. The molecule has 0 atom stereocenters.